The molecule has 0 bridgehead atoms. The third-order valence-electron chi connectivity index (χ3n) is 8.37. The average molecular weight is 385 g/mol. The van der Waals surface area contributed by atoms with Gasteiger partial charge >= 0.3 is 0 Å². The summed E-state index contributed by atoms with van der Waals surface area (Å²) in [4.78, 5) is 12.4. The summed E-state index contributed by atoms with van der Waals surface area (Å²) in [5, 5.41) is 20.8. The molecule has 4 aliphatic rings. The van der Waals surface area contributed by atoms with Crippen LogP contribution in [0, 0.1) is 34.5 Å². The molecule has 3 nitrogen and oxygen atoms in total. The number of hydrogen-bond donors (Lipinski definition) is 2. The van der Waals surface area contributed by atoms with Crippen LogP contribution in [0.15, 0.2) is 0 Å². The predicted molar refractivity (Wildman–Crippen MR) is 92.0 cm³/mol. The van der Waals surface area contributed by atoms with Gasteiger partial charge in [0.1, 0.15) is 10.3 Å². The molecule has 4 saturated carbocycles. The van der Waals surface area contributed by atoms with Crippen LogP contribution in [-0.2, 0) is 4.79 Å². The number of carbonyl (C=O) groups excluding carboxylic acids is 1. The van der Waals surface area contributed by atoms with E-state index in [0.29, 0.717) is 29.5 Å². The Balaban J connectivity index is 1.66. The molecule has 0 saturated heterocycles. The highest BCUT2D eigenvalue weighted by molar-refractivity contribution is 9.10. The van der Waals surface area contributed by atoms with Gasteiger partial charge in [0.05, 0.1) is 0 Å². The first kappa shape index (κ1) is 16.5. The van der Waals surface area contributed by atoms with Crippen LogP contribution >= 0.6 is 15.9 Å². The van der Waals surface area contributed by atoms with Gasteiger partial charge < -0.3 is 10.2 Å². The maximum absolute atomic E-state index is 12.4. The number of hydrogen-bond acceptors (Lipinski definition) is 3. The third-order valence-corrected chi connectivity index (χ3v) is 9.09. The number of rotatable bonds is 1. The summed E-state index contributed by atoms with van der Waals surface area (Å²) < 4.78 is -0.740. The molecule has 4 aliphatic carbocycles. The Bertz CT molecular complexity index is 519. The second kappa shape index (κ2) is 5.28. The minimum absolute atomic E-state index is 0.0180. The number of halogens is 1. The number of fused-ring (bicyclic) bond motifs is 5. The molecule has 0 spiro atoms. The zero-order valence-electron chi connectivity index (χ0n) is 14.1. The number of aliphatic hydroxyl groups is 2. The second-order valence-corrected chi connectivity index (χ2v) is 10.6. The number of aliphatic hydroxyl groups excluding tert-OH is 1. The Morgan fingerprint density at radius 1 is 1.13 bits per heavy atom. The zero-order chi connectivity index (χ0) is 16.5. The highest BCUT2D eigenvalue weighted by Gasteiger charge is 2.62. The van der Waals surface area contributed by atoms with E-state index in [1.807, 2.05) is 0 Å². The van der Waals surface area contributed by atoms with Gasteiger partial charge in [-0.05, 0) is 80.5 Å². The molecular weight excluding hydrogens is 356 g/mol. The van der Waals surface area contributed by atoms with Crippen LogP contribution in [0.5, 0.6) is 0 Å². The summed E-state index contributed by atoms with van der Waals surface area (Å²) in [5.74, 6) is 2.57. The highest BCUT2D eigenvalue weighted by atomic mass is 79.9. The van der Waals surface area contributed by atoms with Gasteiger partial charge in [-0.15, -0.1) is 0 Å². The number of Topliss-reactive ketones (excluding diaryl/α,β-unsaturated/α-hetero) is 1. The normalized spacial score (nSPS) is 55.9. The van der Waals surface area contributed by atoms with E-state index in [0.717, 1.165) is 51.4 Å². The summed E-state index contributed by atoms with van der Waals surface area (Å²) in [6.45, 7) is 2.46. The molecule has 23 heavy (non-hydrogen) atoms. The molecule has 0 aliphatic heterocycles. The summed E-state index contributed by atoms with van der Waals surface area (Å²) in [5.41, 5.74) is -0.106. The van der Waals surface area contributed by atoms with E-state index in [1.54, 1.807) is 0 Å². The van der Waals surface area contributed by atoms with Gasteiger partial charge in [-0.2, -0.15) is 0 Å². The van der Waals surface area contributed by atoms with Gasteiger partial charge in [0, 0.05) is 18.4 Å². The second-order valence-electron chi connectivity index (χ2n) is 9.08. The minimum atomic E-state index is -0.740. The fourth-order valence-corrected chi connectivity index (χ4v) is 7.67. The Kier molecular flexibility index (Phi) is 3.80. The van der Waals surface area contributed by atoms with Gasteiger partial charge in [0.2, 0.25) is 0 Å². The number of carbonyl (C=O) groups is 1. The van der Waals surface area contributed by atoms with Crippen molar-refractivity contribution in [2.24, 2.45) is 34.5 Å². The van der Waals surface area contributed by atoms with Crippen molar-refractivity contribution in [3.8, 4) is 0 Å². The van der Waals surface area contributed by atoms with E-state index in [4.69, 9.17) is 0 Å². The van der Waals surface area contributed by atoms with Crippen molar-refractivity contribution in [2.45, 2.75) is 69.2 Å². The summed E-state index contributed by atoms with van der Waals surface area (Å²) in [6.07, 6.45) is 8.59. The largest absolute Gasteiger partial charge is 0.396 e. The highest BCUT2D eigenvalue weighted by Crippen LogP contribution is 2.66. The molecular formula is C19H29BrO3. The van der Waals surface area contributed by atoms with Gasteiger partial charge in [0.15, 0.2) is 0 Å². The minimum Gasteiger partial charge on any atom is -0.396 e. The molecule has 0 aromatic rings. The van der Waals surface area contributed by atoms with Gasteiger partial charge in [0.25, 0.3) is 0 Å². The Hall–Kier alpha value is 0.0700. The van der Waals surface area contributed by atoms with Gasteiger partial charge in [-0.25, -0.2) is 0 Å². The maximum atomic E-state index is 12.4. The summed E-state index contributed by atoms with van der Waals surface area (Å²) in [7, 11) is 0. The van der Waals surface area contributed by atoms with Crippen molar-refractivity contribution in [1.29, 1.82) is 0 Å². The van der Waals surface area contributed by atoms with E-state index in [9.17, 15) is 15.0 Å². The smallest absolute Gasteiger partial charge is 0.139 e. The van der Waals surface area contributed by atoms with Crippen LogP contribution in [0.25, 0.3) is 0 Å². The van der Waals surface area contributed by atoms with Crippen molar-refractivity contribution in [1.82, 2.24) is 0 Å². The lowest BCUT2D eigenvalue weighted by atomic mass is 9.45. The molecule has 7 atom stereocenters. The van der Waals surface area contributed by atoms with Gasteiger partial charge in [-0.1, -0.05) is 22.9 Å². The number of alkyl halides is 1. The average Bonchev–Trinajstić information content (AvgIpc) is 2.82. The first-order valence-electron chi connectivity index (χ1n) is 9.38. The molecule has 4 heteroatoms. The molecule has 0 amide bonds. The predicted octanol–water partition coefficient (Wildman–Crippen LogP) is 3.65. The molecule has 0 aromatic carbocycles. The molecule has 130 valence electrons. The van der Waals surface area contributed by atoms with Crippen LogP contribution in [0.4, 0.5) is 0 Å². The number of ketones is 1. The van der Waals surface area contributed by atoms with E-state index in [-0.39, 0.29) is 17.4 Å². The van der Waals surface area contributed by atoms with Crippen molar-refractivity contribution in [2.75, 3.05) is 6.61 Å². The van der Waals surface area contributed by atoms with E-state index in [1.165, 1.54) is 6.42 Å². The van der Waals surface area contributed by atoms with E-state index >= 15 is 0 Å². The van der Waals surface area contributed by atoms with E-state index < -0.39 is 4.51 Å². The lowest BCUT2D eigenvalue weighted by Gasteiger charge is -2.61. The fourth-order valence-electron chi connectivity index (χ4n) is 7.08. The van der Waals surface area contributed by atoms with Gasteiger partial charge in [-0.3, -0.25) is 4.79 Å². The first-order valence-corrected chi connectivity index (χ1v) is 10.2. The third kappa shape index (κ3) is 2.23. The maximum Gasteiger partial charge on any atom is 0.139 e. The summed E-state index contributed by atoms with van der Waals surface area (Å²) >= 11 is 3.49. The van der Waals surface area contributed by atoms with Crippen molar-refractivity contribution in [3.05, 3.63) is 0 Å². The monoisotopic (exact) mass is 384 g/mol. The van der Waals surface area contributed by atoms with Crippen LogP contribution in [-0.4, -0.2) is 27.1 Å². The first-order chi connectivity index (χ1) is 10.8. The fraction of sp³-hybridized carbons (Fsp3) is 0.947. The lowest BCUT2D eigenvalue weighted by Crippen LogP contribution is -2.57. The van der Waals surface area contributed by atoms with Crippen LogP contribution in [0.1, 0.15) is 64.7 Å². The van der Waals surface area contributed by atoms with Crippen LogP contribution in [0.3, 0.4) is 0 Å². The molecule has 4 rings (SSSR count). The lowest BCUT2D eigenvalue weighted by molar-refractivity contribution is -0.158. The standard InChI is InChI=1S/C19H29BrO3/c1-17-7-6-15-13(14(17)4-5-16(17)22)3-2-12-10-19(20,23)9-8-18(12,15)11-21/h12-15,21,23H,2-11H2,1H3/t12?,13-,14-,15-,17-,18+,19-/m0/s1. The van der Waals surface area contributed by atoms with Crippen LogP contribution < -0.4 is 0 Å². The molecule has 0 radical (unpaired) electrons. The Labute approximate surface area is 147 Å². The summed E-state index contributed by atoms with van der Waals surface area (Å²) in [6, 6.07) is 0. The molecule has 4 fully saturated rings. The van der Waals surface area contributed by atoms with Crippen molar-refractivity contribution < 1.29 is 15.0 Å². The molecule has 0 heterocycles. The molecule has 2 N–H and O–H groups in total. The van der Waals surface area contributed by atoms with Crippen molar-refractivity contribution >= 4 is 21.7 Å². The Morgan fingerprint density at radius 2 is 1.91 bits per heavy atom. The topological polar surface area (TPSA) is 57.5 Å². The molecule has 0 aromatic heterocycles. The molecule has 1 unspecified atom stereocenters. The van der Waals surface area contributed by atoms with E-state index in [2.05, 4.69) is 22.9 Å². The SMILES string of the molecule is C[C@]12CC[C@H]3[C@@H](CCC4C[C@](O)(Br)CC[C@@]43CO)[C@@H]1CCC2=O. The Morgan fingerprint density at radius 3 is 2.65 bits per heavy atom. The van der Waals surface area contributed by atoms with Crippen molar-refractivity contribution in [3.63, 3.8) is 0 Å². The van der Waals surface area contributed by atoms with Crippen LogP contribution in [0.2, 0.25) is 0 Å². The zero-order valence-corrected chi connectivity index (χ0v) is 15.6. The quantitative estimate of drug-likeness (QED) is 0.678.